The van der Waals surface area contributed by atoms with Crippen LogP contribution in [0.2, 0.25) is 0 Å². The van der Waals surface area contributed by atoms with Crippen LogP contribution in [0, 0.1) is 46.9 Å². The SMILES string of the molecule is CC=CCCC1CCC(C2COC(c3ccc(C4CCC(C(F)(F)Oc5cc(F)c(F)c(F)c5)CC4)c(F)c3)OC2)CC1. The van der Waals surface area contributed by atoms with Crippen molar-refractivity contribution in [3.8, 4) is 5.75 Å². The molecule has 0 aromatic heterocycles. The molecular weight excluding hydrogens is 570 g/mol. The maximum atomic E-state index is 15.2. The van der Waals surface area contributed by atoms with Gasteiger partial charge < -0.3 is 14.2 Å². The Morgan fingerprint density at radius 3 is 2.07 bits per heavy atom. The van der Waals surface area contributed by atoms with Crippen LogP contribution in [0.3, 0.4) is 0 Å². The van der Waals surface area contributed by atoms with Crippen molar-refractivity contribution in [3.63, 3.8) is 0 Å². The molecule has 2 aliphatic carbocycles. The first kappa shape index (κ1) is 31.9. The molecule has 2 saturated carbocycles. The molecule has 43 heavy (non-hydrogen) atoms. The third-order valence-electron chi connectivity index (χ3n) is 9.61. The molecule has 1 saturated heterocycles. The number of hydrogen-bond donors (Lipinski definition) is 0. The summed E-state index contributed by atoms with van der Waals surface area (Å²) in [6, 6.07) is 5.67. The van der Waals surface area contributed by atoms with Crippen LogP contribution >= 0.6 is 0 Å². The number of alkyl halides is 2. The van der Waals surface area contributed by atoms with Crippen molar-refractivity contribution < 1.29 is 40.6 Å². The molecule has 3 nitrogen and oxygen atoms in total. The molecule has 2 aromatic rings. The van der Waals surface area contributed by atoms with Gasteiger partial charge in [-0.1, -0.05) is 37.1 Å². The Bertz CT molecular complexity index is 1220. The van der Waals surface area contributed by atoms with Gasteiger partial charge in [-0.05, 0) is 87.7 Å². The number of allylic oxidation sites excluding steroid dienone is 2. The van der Waals surface area contributed by atoms with E-state index in [1.165, 1.54) is 38.2 Å². The van der Waals surface area contributed by atoms with Gasteiger partial charge >= 0.3 is 6.11 Å². The van der Waals surface area contributed by atoms with Gasteiger partial charge in [0.05, 0.1) is 19.1 Å². The maximum absolute atomic E-state index is 15.2. The molecule has 236 valence electrons. The van der Waals surface area contributed by atoms with E-state index in [1.54, 1.807) is 12.1 Å². The molecule has 0 spiro atoms. The van der Waals surface area contributed by atoms with Gasteiger partial charge in [0.15, 0.2) is 23.7 Å². The summed E-state index contributed by atoms with van der Waals surface area (Å²) in [6.07, 6.45) is 7.91. The van der Waals surface area contributed by atoms with Crippen LogP contribution < -0.4 is 4.74 Å². The van der Waals surface area contributed by atoms with E-state index in [9.17, 15) is 22.0 Å². The van der Waals surface area contributed by atoms with Crippen molar-refractivity contribution in [1.29, 1.82) is 0 Å². The number of rotatable bonds is 9. The second-order valence-corrected chi connectivity index (χ2v) is 12.4. The van der Waals surface area contributed by atoms with Gasteiger partial charge in [0, 0.05) is 23.6 Å². The highest BCUT2D eigenvalue weighted by Crippen LogP contribution is 2.44. The Morgan fingerprint density at radius 1 is 0.814 bits per heavy atom. The first-order valence-electron chi connectivity index (χ1n) is 15.5. The van der Waals surface area contributed by atoms with Crippen molar-refractivity contribution in [2.45, 2.75) is 89.4 Å². The Balaban J connectivity index is 1.10. The Kier molecular flexibility index (Phi) is 10.4. The highest BCUT2D eigenvalue weighted by Gasteiger charge is 2.44. The third-order valence-corrected chi connectivity index (χ3v) is 9.61. The monoisotopic (exact) mass is 610 g/mol. The number of ether oxygens (including phenoxy) is 3. The zero-order valence-electron chi connectivity index (χ0n) is 24.5. The first-order valence-corrected chi connectivity index (χ1v) is 15.5. The van der Waals surface area contributed by atoms with E-state index in [0.29, 0.717) is 61.2 Å². The van der Waals surface area contributed by atoms with Crippen molar-refractivity contribution in [2.75, 3.05) is 13.2 Å². The molecule has 3 aliphatic rings. The second-order valence-electron chi connectivity index (χ2n) is 12.4. The van der Waals surface area contributed by atoms with Crippen LogP contribution in [0.5, 0.6) is 5.75 Å². The molecule has 0 N–H and O–H groups in total. The summed E-state index contributed by atoms with van der Waals surface area (Å²) >= 11 is 0. The summed E-state index contributed by atoms with van der Waals surface area (Å²) in [7, 11) is 0. The zero-order chi connectivity index (χ0) is 30.6. The quantitative estimate of drug-likeness (QED) is 0.161. The first-order chi connectivity index (χ1) is 20.6. The van der Waals surface area contributed by atoms with E-state index in [1.807, 2.05) is 0 Å². The molecule has 1 aliphatic heterocycles. The molecule has 3 fully saturated rings. The van der Waals surface area contributed by atoms with Crippen molar-refractivity contribution >= 4 is 0 Å². The maximum Gasteiger partial charge on any atom is 0.400 e. The highest BCUT2D eigenvalue weighted by molar-refractivity contribution is 5.29. The molecule has 0 unspecified atom stereocenters. The topological polar surface area (TPSA) is 27.7 Å². The van der Waals surface area contributed by atoms with Crippen LogP contribution in [0.15, 0.2) is 42.5 Å². The second kappa shape index (κ2) is 14.1. The van der Waals surface area contributed by atoms with E-state index in [0.717, 1.165) is 12.3 Å². The largest absolute Gasteiger partial charge is 0.432 e. The van der Waals surface area contributed by atoms with Crippen LogP contribution in [-0.4, -0.2) is 19.3 Å². The summed E-state index contributed by atoms with van der Waals surface area (Å²) < 4.78 is 101. The fourth-order valence-corrected chi connectivity index (χ4v) is 7.02. The van der Waals surface area contributed by atoms with E-state index in [2.05, 4.69) is 23.8 Å². The van der Waals surface area contributed by atoms with Gasteiger partial charge in [0.1, 0.15) is 11.6 Å². The molecule has 0 bridgehead atoms. The predicted molar refractivity (Wildman–Crippen MR) is 151 cm³/mol. The summed E-state index contributed by atoms with van der Waals surface area (Å²) in [6.45, 7) is 3.22. The Hall–Kier alpha value is -2.52. The molecule has 0 radical (unpaired) electrons. The lowest BCUT2D eigenvalue weighted by atomic mass is 9.75. The lowest BCUT2D eigenvalue weighted by Gasteiger charge is -2.38. The van der Waals surface area contributed by atoms with Crippen LogP contribution in [0.1, 0.15) is 94.5 Å². The highest BCUT2D eigenvalue weighted by atomic mass is 19.3. The minimum atomic E-state index is -3.72. The lowest BCUT2D eigenvalue weighted by Crippen LogP contribution is -2.37. The van der Waals surface area contributed by atoms with Gasteiger partial charge in [0.25, 0.3) is 0 Å². The van der Waals surface area contributed by atoms with Gasteiger partial charge in [-0.15, -0.1) is 0 Å². The Labute approximate surface area is 249 Å². The van der Waals surface area contributed by atoms with Gasteiger partial charge in [-0.2, -0.15) is 8.78 Å². The summed E-state index contributed by atoms with van der Waals surface area (Å²) in [4.78, 5) is 0. The summed E-state index contributed by atoms with van der Waals surface area (Å²) in [5, 5.41) is 0. The fraction of sp³-hybridized carbons (Fsp3) is 0.588. The summed E-state index contributed by atoms with van der Waals surface area (Å²) in [5.41, 5.74) is 1.05. The molecule has 0 atom stereocenters. The van der Waals surface area contributed by atoms with E-state index in [4.69, 9.17) is 9.47 Å². The molecule has 5 rings (SSSR count). The van der Waals surface area contributed by atoms with E-state index < -0.39 is 47.3 Å². The average molecular weight is 611 g/mol. The normalized spacial score (nSPS) is 28.7. The fourth-order valence-electron chi connectivity index (χ4n) is 7.02. The smallest absolute Gasteiger partial charge is 0.400 e. The number of hydrogen-bond acceptors (Lipinski definition) is 3. The molecule has 0 amide bonds. The molecule has 2 aromatic carbocycles. The standard InChI is InChI=1S/C34H40F6O3/c1-2-3-4-5-21-6-8-22(9-7-21)25-19-41-33(42-20-25)24-12-15-28(29(35)16-24)23-10-13-26(14-11-23)34(39,40)43-27-17-30(36)32(38)31(37)18-27/h2-3,12,15-18,21-23,25-26,33H,4-11,13-14,19-20H2,1H3. The number of benzene rings is 2. The minimum Gasteiger partial charge on any atom is -0.432 e. The molecule has 9 heteroatoms. The van der Waals surface area contributed by atoms with Gasteiger partial charge in [-0.25, -0.2) is 17.6 Å². The van der Waals surface area contributed by atoms with Gasteiger partial charge in [0.2, 0.25) is 0 Å². The molecule has 1 heterocycles. The predicted octanol–water partition coefficient (Wildman–Crippen LogP) is 10.0. The minimum absolute atomic E-state index is 0.0267. The average Bonchev–Trinajstić information content (AvgIpc) is 3.00. The summed E-state index contributed by atoms with van der Waals surface area (Å²) in [5.74, 6) is -5.93. The van der Waals surface area contributed by atoms with Crippen molar-refractivity contribution in [2.24, 2.45) is 23.7 Å². The van der Waals surface area contributed by atoms with Gasteiger partial charge in [-0.3, -0.25) is 0 Å². The third kappa shape index (κ3) is 7.77. The van der Waals surface area contributed by atoms with Crippen molar-refractivity contribution in [3.05, 3.63) is 76.9 Å². The van der Waals surface area contributed by atoms with Crippen LogP contribution in [0.4, 0.5) is 26.3 Å². The van der Waals surface area contributed by atoms with E-state index in [-0.39, 0.29) is 18.8 Å². The van der Waals surface area contributed by atoms with Crippen molar-refractivity contribution in [1.82, 2.24) is 0 Å². The lowest BCUT2D eigenvalue weighted by molar-refractivity contribution is -0.222. The Morgan fingerprint density at radius 2 is 1.47 bits per heavy atom. The zero-order valence-corrected chi connectivity index (χ0v) is 24.5. The molecular formula is C34H40F6O3. The van der Waals surface area contributed by atoms with Crippen LogP contribution in [-0.2, 0) is 9.47 Å². The van der Waals surface area contributed by atoms with E-state index >= 15 is 4.39 Å². The number of halogens is 6. The van der Waals surface area contributed by atoms with Crippen LogP contribution in [0.25, 0.3) is 0 Å².